The summed E-state index contributed by atoms with van der Waals surface area (Å²) < 4.78 is 6.29. The van der Waals surface area contributed by atoms with Crippen LogP contribution in [-0.4, -0.2) is 82.7 Å². The van der Waals surface area contributed by atoms with Crippen LogP contribution in [0.3, 0.4) is 0 Å². The number of nitrogens with one attached hydrogen (secondary N) is 2. The van der Waals surface area contributed by atoms with Crippen molar-refractivity contribution in [3.63, 3.8) is 0 Å². The molecule has 0 radical (unpaired) electrons. The molecule has 9 nitrogen and oxygen atoms in total. The third-order valence-electron chi connectivity index (χ3n) is 8.96. The molecule has 2 aliphatic heterocycles. The van der Waals surface area contributed by atoms with E-state index in [0.717, 1.165) is 73.4 Å². The zero-order valence-electron chi connectivity index (χ0n) is 25.6. The van der Waals surface area contributed by atoms with E-state index in [9.17, 15) is 9.59 Å². The lowest BCUT2D eigenvalue weighted by molar-refractivity contribution is -0.146. The first-order chi connectivity index (χ1) is 20.8. The van der Waals surface area contributed by atoms with Crippen LogP contribution in [0.4, 0.5) is 5.69 Å². The highest BCUT2D eigenvalue weighted by Gasteiger charge is 2.38. The average molecular weight is 585 g/mol. The molecule has 3 fully saturated rings. The fraction of sp³-hybridized carbons (Fsp3) is 0.500. The van der Waals surface area contributed by atoms with Gasteiger partial charge in [0.05, 0.1) is 12.1 Å². The van der Waals surface area contributed by atoms with E-state index >= 15 is 0 Å². The summed E-state index contributed by atoms with van der Waals surface area (Å²) in [6.07, 6.45) is 5.88. The number of carbonyl (C=O) groups is 2. The fourth-order valence-electron chi connectivity index (χ4n) is 6.38. The Hall–Kier alpha value is -3.85. The number of aromatic amines is 1. The summed E-state index contributed by atoms with van der Waals surface area (Å²) in [5.74, 6) is 0.900. The van der Waals surface area contributed by atoms with E-state index in [1.807, 2.05) is 50.1 Å². The molecule has 2 saturated heterocycles. The largest absolute Gasteiger partial charge is 0.478 e. The summed E-state index contributed by atoms with van der Waals surface area (Å²) in [5.41, 5.74) is 4.51. The molecular formula is C34H44N6O3. The first-order valence-electron chi connectivity index (χ1n) is 15.7. The van der Waals surface area contributed by atoms with Crippen molar-refractivity contribution in [2.45, 2.75) is 64.6 Å². The zero-order chi connectivity index (χ0) is 30.0. The second-order valence-corrected chi connectivity index (χ2v) is 12.7. The van der Waals surface area contributed by atoms with Gasteiger partial charge in [-0.05, 0) is 69.7 Å². The van der Waals surface area contributed by atoms with E-state index < -0.39 is 5.60 Å². The lowest BCUT2D eigenvalue weighted by Gasteiger charge is -2.37. The van der Waals surface area contributed by atoms with Gasteiger partial charge in [-0.3, -0.25) is 14.7 Å². The van der Waals surface area contributed by atoms with Gasteiger partial charge in [0, 0.05) is 74.9 Å². The smallest absolute Gasteiger partial charge is 0.266 e. The van der Waals surface area contributed by atoms with E-state index in [-0.39, 0.29) is 17.7 Å². The van der Waals surface area contributed by atoms with Crippen LogP contribution in [-0.2, 0) is 16.1 Å². The Morgan fingerprint density at radius 1 is 1.05 bits per heavy atom. The van der Waals surface area contributed by atoms with Gasteiger partial charge in [0.25, 0.3) is 5.91 Å². The maximum Gasteiger partial charge on any atom is 0.266 e. The number of carbonyl (C=O) groups excluding carboxylic acids is 2. The van der Waals surface area contributed by atoms with Crippen molar-refractivity contribution in [2.75, 3.05) is 44.2 Å². The van der Waals surface area contributed by atoms with Gasteiger partial charge in [0.2, 0.25) is 5.91 Å². The second-order valence-electron chi connectivity index (χ2n) is 12.7. The highest BCUT2D eigenvalue weighted by atomic mass is 16.5. The van der Waals surface area contributed by atoms with Gasteiger partial charge in [0.15, 0.2) is 5.60 Å². The molecule has 3 heterocycles. The van der Waals surface area contributed by atoms with Gasteiger partial charge >= 0.3 is 0 Å². The fourth-order valence-corrected chi connectivity index (χ4v) is 6.38. The van der Waals surface area contributed by atoms with Crippen molar-refractivity contribution in [3.05, 3.63) is 66.0 Å². The van der Waals surface area contributed by atoms with Crippen LogP contribution in [0.25, 0.3) is 11.1 Å². The molecule has 1 atom stereocenters. The number of piperidine rings is 1. The van der Waals surface area contributed by atoms with Crippen molar-refractivity contribution >= 4 is 17.5 Å². The quantitative estimate of drug-likeness (QED) is 0.388. The van der Waals surface area contributed by atoms with Gasteiger partial charge < -0.3 is 24.8 Å². The van der Waals surface area contributed by atoms with Crippen LogP contribution in [0.2, 0.25) is 0 Å². The van der Waals surface area contributed by atoms with Crippen LogP contribution in [0.1, 0.15) is 50.8 Å². The summed E-state index contributed by atoms with van der Waals surface area (Å²) in [6.45, 7) is 11.0. The van der Waals surface area contributed by atoms with E-state index in [4.69, 9.17) is 4.74 Å². The van der Waals surface area contributed by atoms with Crippen LogP contribution in [0.15, 0.2) is 54.7 Å². The first-order valence-corrected chi connectivity index (χ1v) is 15.7. The third-order valence-corrected chi connectivity index (χ3v) is 8.96. The lowest BCUT2D eigenvalue weighted by atomic mass is 9.95. The molecule has 2 N–H and O–H groups in total. The van der Waals surface area contributed by atoms with Crippen molar-refractivity contribution in [1.82, 2.24) is 25.3 Å². The van der Waals surface area contributed by atoms with Gasteiger partial charge in [0.1, 0.15) is 5.75 Å². The summed E-state index contributed by atoms with van der Waals surface area (Å²) in [7, 11) is 0. The summed E-state index contributed by atoms with van der Waals surface area (Å²) >= 11 is 0. The topological polar surface area (TPSA) is 93.8 Å². The summed E-state index contributed by atoms with van der Waals surface area (Å²) in [5, 5.41) is 10.4. The number of amides is 2. The molecule has 3 aromatic rings. The molecule has 6 rings (SSSR count). The Morgan fingerprint density at radius 2 is 1.81 bits per heavy atom. The molecule has 2 aromatic carbocycles. The minimum absolute atomic E-state index is 0.00874. The maximum atomic E-state index is 14.0. The Bertz CT molecular complexity index is 1420. The molecule has 1 aliphatic carbocycles. The minimum atomic E-state index is -0.962. The SMILES string of the molecule is Cc1[nH]ncc1-c1ccc(CN(C(=O)C2CCCN(c3cccc(OC(C)(C)C(=O)N4CCNCC4)c3)C2)C2CC2)cc1. The average Bonchev–Trinajstić information content (AvgIpc) is 3.79. The van der Waals surface area contributed by atoms with E-state index in [1.165, 1.54) is 0 Å². The number of hydrogen-bond acceptors (Lipinski definition) is 6. The molecule has 0 spiro atoms. The molecule has 0 bridgehead atoms. The number of piperazine rings is 1. The molecule has 43 heavy (non-hydrogen) atoms. The Labute approximate surface area is 254 Å². The van der Waals surface area contributed by atoms with Crippen LogP contribution in [0.5, 0.6) is 5.75 Å². The Balaban J connectivity index is 1.10. The van der Waals surface area contributed by atoms with Crippen molar-refractivity contribution < 1.29 is 14.3 Å². The normalized spacial score (nSPS) is 19.3. The monoisotopic (exact) mass is 584 g/mol. The van der Waals surface area contributed by atoms with Crippen LogP contribution >= 0.6 is 0 Å². The predicted molar refractivity (Wildman–Crippen MR) is 168 cm³/mol. The van der Waals surface area contributed by atoms with E-state index in [1.54, 1.807) is 0 Å². The molecule has 1 unspecified atom stereocenters. The molecule has 2 amide bonds. The number of benzene rings is 2. The number of hydrogen-bond donors (Lipinski definition) is 2. The highest BCUT2D eigenvalue weighted by molar-refractivity contribution is 5.85. The molecule has 1 saturated carbocycles. The lowest BCUT2D eigenvalue weighted by Crippen LogP contribution is -2.54. The molecule has 3 aliphatic rings. The Kier molecular flexibility index (Phi) is 8.43. The molecule has 228 valence electrons. The molecular weight excluding hydrogens is 540 g/mol. The molecule has 9 heteroatoms. The minimum Gasteiger partial charge on any atom is -0.478 e. The van der Waals surface area contributed by atoms with Gasteiger partial charge in [-0.25, -0.2) is 0 Å². The van der Waals surface area contributed by atoms with Crippen LogP contribution in [0, 0.1) is 12.8 Å². The number of aromatic nitrogens is 2. The van der Waals surface area contributed by atoms with Crippen LogP contribution < -0.4 is 15.0 Å². The van der Waals surface area contributed by atoms with Gasteiger partial charge in [-0.2, -0.15) is 5.10 Å². The van der Waals surface area contributed by atoms with E-state index in [0.29, 0.717) is 38.0 Å². The first kappa shape index (κ1) is 29.2. The third kappa shape index (κ3) is 6.72. The highest BCUT2D eigenvalue weighted by Crippen LogP contribution is 2.34. The number of nitrogens with zero attached hydrogens (tertiary/aromatic N) is 4. The van der Waals surface area contributed by atoms with Crippen molar-refractivity contribution in [3.8, 4) is 16.9 Å². The predicted octanol–water partition coefficient (Wildman–Crippen LogP) is 4.38. The van der Waals surface area contributed by atoms with E-state index in [2.05, 4.69) is 55.6 Å². The summed E-state index contributed by atoms with van der Waals surface area (Å²) in [6, 6.07) is 16.8. The van der Waals surface area contributed by atoms with Gasteiger partial charge in [-0.15, -0.1) is 0 Å². The number of ether oxygens (including phenoxy) is 1. The number of H-pyrrole nitrogens is 1. The van der Waals surface area contributed by atoms with Crippen molar-refractivity contribution in [2.24, 2.45) is 5.92 Å². The standard InChI is InChI=1S/C34H44N6O3/c1-24-31(21-36-37-24)26-11-9-25(10-12-26)22-40(28-13-14-28)32(41)27-6-5-17-39(23-27)29-7-4-8-30(20-29)43-34(2,3)33(42)38-18-15-35-16-19-38/h4,7-12,20-21,27-28,35H,5-6,13-19,22-23H2,1-3H3,(H,36,37). The zero-order valence-corrected chi connectivity index (χ0v) is 25.6. The maximum absolute atomic E-state index is 14.0. The second kappa shape index (κ2) is 12.4. The number of anilines is 1. The van der Waals surface area contributed by atoms with Gasteiger partial charge in [-0.1, -0.05) is 30.3 Å². The summed E-state index contributed by atoms with van der Waals surface area (Å²) in [4.78, 5) is 33.4. The number of aryl methyl sites for hydroxylation is 1. The Morgan fingerprint density at radius 3 is 2.51 bits per heavy atom. The number of rotatable bonds is 9. The van der Waals surface area contributed by atoms with Crippen molar-refractivity contribution in [1.29, 1.82) is 0 Å². The molecule has 1 aromatic heterocycles.